The van der Waals surface area contributed by atoms with Crippen molar-refractivity contribution in [2.24, 2.45) is 0 Å². The number of carbonyl (C=O) groups excluding carboxylic acids is 3. The molecule has 1 heterocycles. The van der Waals surface area contributed by atoms with E-state index in [2.05, 4.69) is 10.6 Å². The molecule has 0 spiro atoms. The van der Waals surface area contributed by atoms with Crippen molar-refractivity contribution in [2.45, 2.75) is 52.1 Å². The second-order valence-electron chi connectivity index (χ2n) is 4.85. The lowest BCUT2D eigenvalue weighted by atomic mass is 10.2. The Labute approximate surface area is 113 Å². The molecule has 0 aromatic carbocycles. The summed E-state index contributed by atoms with van der Waals surface area (Å²) in [5.41, 5.74) is 0. The van der Waals surface area contributed by atoms with Gasteiger partial charge < -0.3 is 5.32 Å². The van der Waals surface area contributed by atoms with E-state index in [0.717, 1.165) is 12.8 Å². The van der Waals surface area contributed by atoms with Crippen LogP contribution in [0.25, 0.3) is 0 Å². The van der Waals surface area contributed by atoms with Crippen LogP contribution < -0.4 is 10.6 Å². The van der Waals surface area contributed by atoms with Crippen LogP contribution in [0.5, 0.6) is 0 Å². The van der Waals surface area contributed by atoms with Crippen molar-refractivity contribution < 1.29 is 14.4 Å². The van der Waals surface area contributed by atoms with Gasteiger partial charge in [0, 0.05) is 12.6 Å². The Morgan fingerprint density at radius 3 is 2.68 bits per heavy atom. The third kappa shape index (κ3) is 4.02. The molecule has 0 aliphatic carbocycles. The van der Waals surface area contributed by atoms with Crippen LogP contribution in [0.15, 0.2) is 0 Å². The number of hydrogen-bond donors (Lipinski definition) is 2. The summed E-state index contributed by atoms with van der Waals surface area (Å²) in [5, 5.41) is 5.57. The normalized spacial score (nSPS) is 20.8. The Morgan fingerprint density at radius 1 is 1.42 bits per heavy atom. The highest BCUT2D eigenvalue weighted by molar-refractivity contribution is 6.06. The van der Waals surface area contributed by atoms with E-state index in [1.807, 2.05) is 20.8 Å². The van der Waals surface area contributed by atoms with Gasteiger partial charge in [0.15, 0.2) is 0 Å². The fourth-order valence-corrected chi connectivity index (χ4v) is 2.00. The number of hydrogen-bond acceptors (Lipinski definition) is 4. The lowest BCUT2D eigenvalue weighted by molar-refractivity contribution is -0.141. The van der Waals surface area contributed by atoms with Gasteiger partial charge in [-0.2, -0.15) is 0 Å². The molecule has 108 valence electrons. The summed E-state index contributed by atoms with van der Waals surface area (Å²) in [6, 6.07) is -0.644. The fraction of sp³-hybridized carbons (Fsp3) is 0.769. The van der Waals surface area contributed by atoms with Crippen molar-refractivity contribution in [3.8, 4) is 0 Å². The number of carbonyl (C=O) groups is 3. The Morgan fingerprint density at radius 2 is 2.11 bits per heavy atom. The van der Waals surface area contributed by atoms with Crippen LogP contribution >= 0.6 is 0 Å². The molecular formula is C13H23N3O3. The molecule has 0 bridgehead atoms. The predicted molar refractivity (Wildman–Crippen MR) is 71.3 cm³/mol. The van der Waals surface area contributed by atoms with Gasteiger partial charge in [-0.3, -0.25) is 24.6 Å². The van der Waals surface area contributed by atoms with Crippen molar-refractivity contribution >= 4 is 17.7 Å². The summed E-state index contributed by atoms with van der Waals surface area (Å²) in [6.45, 7) is 6.45. The summed E-state index contributed by atoms with van der Waals surface area (Å²) in [4.78, 5) is 36.6. The second kappa shape index (κ2) is 7.23. The van der Waals surface area contributed by atoms with E-state index in [4.69, 9.17) is 0 Å². The first-order valence-corrected chi connectivity index (χ1v) is 6.87. The van der Waals surface area contributed by atoms with E-state index < -0.39 is 6.04 Å². The Hall–Kier alpha value is -1.43. The van der Waals surface area contributed by atoms with Crippen molar-refractivity contribution in [3.63, 3.8) is 0 Å². The van der Waals surface area contributed by atoms with Crippen molar-refractivity contribution in [3.05, 3.63) is 0 Å². The van der Waals surface area contributed by atoms with Gasteiger partial charge in [0.05, 0.1) is 19.0 Å². The van der Waals surface area contributed by atoms with Crippen LogP contribution in [-0.2, 0) is 14.4 Å². The van der Waals surface area contributed by atoms with E-state index in [9.17, 15) is 14.4 Å². The van der Waals surface area contributed by atoms with Gasteiger partial charge in [-0.1, -0.05) is 13.8 Å². The van der Waals surface area contributed by atoms with Crippen LogP contribution in [0.2, 0.25) is 0 Å². The highest BCUT2D eigenvalue weighted by Gasteiger charge is 2.40. The molecule has 2 N–H and O–H groups in total. The highest BCUT2D eigenvalue weighted by Crippen LogP contribution is 2.17. The SMILES string of the molecule is CCCNC(=O)CNC1CC(=O)N(C(C)CC)C1=O. The largest absolute Gasteiger partial charge is 0.355 e. The lowest BCUT2D eigenvalue weighted by Gasteiger charge is -2.21. The Balaban J connectivity index is 2.46. The van der Waals surface area contributed by atoms with Crippen LogP contribution in [0.1, 0.15) is 40.0 Å². The van der Waals surface area contributed by atoms with Crippen molar-refractivity contribution in [1.82, 2.24) is 15.5 Å². The summed E-state index contributed by atoms with van der Waals surface area (Å²) >= 11 is 0. The van der Waals surface area contributed by atoms with Crippen molar-refractivity contribution in [1.29, 1.82) is 0 Å². The molecule has 2 atom stereocenters. The van der Waals surface area contributed by atoms with Crippen LogP contribution in [0.3, 0.4) is 0 Å². The smallest absolute Gasteiger partial charge is 0.247 e. The number of rotatable bonds is 7. The number of imide groups is 1. The van der Waals surface area contributed by atoms with Crippen molar-refractivity contribution in [2.75, 3.05) is 13.1 Å². The summed E-state index contributed by atoms with van der Waals surface area (Å²) < 4.78 is 0. The van der Waals surface area contributed by atoms with Gasteiger partial charge >= 0.3 is 0 Å². The molecule has 0 aromatic heterocycles. The monoisotopic (exact) mass is 269 g/mol. The zero-order valence-corrected chi connectivity index (χ0v) is 11.9. The molecule has 6 heteroatoms. The van der Waals surface area contributed by atoms with Crippen LogP contribution in [-0.4, -0.2) is 47.8 Å². The van der Waals surface area contributed by atoms with Gasteiger partial charge in [-0.15, -0.1) is 0 Å². The molecule has 0 saturated carbocycles. The molecule has 3 amide bonds. The molecule has 1 aliphatic rings. The van der Waals surface area contributed by atoms with E-state index in [1.165, 1.54) is 4.90 Å². The molecule has 1 fully saturated rings. The number of nitrogens with one attached hydrogen (secondary N) is 2. The number of likely N-dealkylation sites (tertiary alicyclic amines) is 1. The third-order valence-electron chi connectivity index (χ3n) is 3.30. The number of amides is 3. The molecule has 0 radical (unpaired) electrons. The molecule has 1 aliphatic heterocycles. The lowest BCUT2D eigenvalue weighted by Crippen LogP contribution is -2.45. The van der Waals surface area contributed by atoms with Gasteiger partial charge in [0.2, 0.25) is 17.7 Å². The highest BCUT2D eigenvalue weighted by atomic mass is 16.2. The van der Waals surface area contributed by atoms with Gasteiger partial charge in [-0.25, -0.2) is 0 Å². The average Bonchev–Trinajstić information content (AvgIpc) is 2.68. The van der Waals surface area contributed by atoms with E-state index in [-0.39, 0.29) is 36.7 Å². The maximum atomic E-state index is 12.1. The maximum Gasteiger partial charge on any atom is 0.247 e. The molecule has 0 aromatic rings. The first kappa shape index (κ1) is 15.6. The van der Waals surface area contributed by atoms with Crippen LogP contribution in [0, 0.1) is 0 Å². The molecule has 6 nitrogen and oxygen atoms in total. The minimum atomic E-state index is -0.561. The first-order chi connectivity index (χ1) is 9.01. The quantitative estimate of drug-likeness (QED) is 0.639. The fourth-order valence-electron chi connectivity index (χ4n) is 2.00. The Bertz CT molecular complexity index is 357. The zero-order chi connectivity index (χ0) is 14.4. The minimum Gasteiger partial charge on any atom is -0.355 e. The molecule has 2 unspecified atom stereocenters. The molecular weight excluding hydrogens is 246 g/mol. The summed E-state index contributed by atoms with van der Waals surface area (Å²) in [5.74, 6) is -0.530. The van der Waals surface area contributed by atoms with E-state index >= 15 is 0 Å². The molecule has 19 heavy (non-hydrogen) atoms. The molecule has 1 saturated heterocycles. The number of nitrogens with zero attached hydrogens (tertiary/aromatic N) is 1. The summed E-state index contributed by atoms with van der Waals surface area (Å²) in [6.07, 6.45) is 1.75. The topological polar surface area (TPSA) is 78.5 Å². The predicted octanol–water partition coefficient (Wildman–Crippen LogP) is 0.0282. The van der Waals surface area contributed by atoms with Crippen LogP contribution in [0.4, 0.5) is 0 Å². The second-order valence-corrected chi connectivity index (χ2v) is 4.85. The van der Waals surface area contributed by atoms with Gasteiger partial charge in [0.1, 0.15) is 0 Å². The van der Waals surface area contributed by atoms with E-state index in [0.29, 0.717) is 6.54 Å². The Kier molecular flexibility index (Phi) is 5.95. The van der Waals surface area contributed by atoms with Gasteiger partial charge in [0.25, 0.3) is 0 Å². The molecule has 1 rings (SSSR count). The first-order valence-electron chi connectivity index (χ1n) is 6.87. The maximum absolute atomic E-state index is 12.1. The summed E-state index contributed by atoms with van der Waals surface area (Å²) in [7, 11) is 0. The van der Waals surface area contributed by atoms with E-state index in [1.54, 1.807) is 0 Å². The van der Waals surface area contributed by atoms with Gasteiger partial charge in [-0.05, 0) is 19.8 Å². The average molecular weight is 269 g/mol. The zero-order valence-electron chi connectivity index (χ0n) is 11.9. The minimum absolute atomic E-state index is 0.0675. The third-order valence-corrected chi connectivity index (χ3v) is 3.30. The standard InChI is InChI=1S/C13H23N3O3/c1-4-6-14-11(17)8-15-10-7-12(18)16(13(10)19)9(3)5-2/h9-10,15H,4-8H2,1-3H3,(H,14,17).